The minimum absolute atomic E-state index is 0.0699. The molecule has 0 fully saturated rings. The largest absolute Gasteiger partial charge is 0.493 e. The summed E-state index contributed by atoms with van der Waals surface area (Å²) in [5.74, 6) is 1.17. The van der Waals surface area contributed by atoms with Gasteiger partial charge in [0.05, 0.1) is 18.4 Å². The molecule has 0 radical (unpaired) electrons. The fraction of sp³-hybridized carbons (Fsp3) is 0.304. The third-order valence-electron chi connectivity index (χ3n) is 4.73. The maximum Gasteiger partial charge on any atom is 0.422 e. The highest BCUT2D eigenvalue weighted by molar-refractivity contribution is 5.94. The second-order valence-corrected chi connectivity index (χ2v) is 7.19. The number of alkyl halides is 3. The molecule has 0 aliphatic carbocycles. The second-order valence-electron chi connectivity index (χ2n) is 7.19. The number of carbonyl (C=O) groups is 1. The number of aromatic nitrogens is 1. The molecule has 0 unspecified atom stereocenters. The van der Waals surface area contributed by atoms with Crippen molar-refractivity contribution in [3.05, 3.63) is 70.6 Å². The Morgan fingerprint density at radius 2 is 1.88 bits per heavy atom. The number of carbonyl (C=O) groups excluding carboxylic acids is 1. The van der Waals surface area contributed by atoms with Crippen molar-refractivity contribution in [2.75, 3.05) is 13.7 Å². The van der Waals surface area contributed by atoms with Crippen molar-refractivity contribution in [2.24, 2.45) is 0 Å². The Morgan fingerprint density at radius 1 is 1.09 bits per heavy atom. The molecule has 0 saturated carbocycles. The first-order chi connectivity index (χ1) is 15.7. The lowest BCUT2D eigenvalue weighted by Gasteiger charge is -2.13. The number of hydrogen-bond acceptors (Lipinski definition) is 6. The van der Waals surface area contributed by atoms with Crippen LogP contribution in [0.1, 0.15) is 32.9 Å². The minimum Gasteiger partial charge on any atom is -0.493 e. The van der Waals surface area contributed by atoms with Crippen LogP contribution in [0.3, 0.4) is 0 Å². The van der Waals surface area contributed by atoms with E-state index in [9.17, 15) is 18.0 Å². The molecule has 0 aliphatic rings. The molecule has 1 aromatic heterocycles. The molecule has 0 bridgehead atoms. The summed E-state index contributed by atoms with van der Waals surface area (Å²) in [7, 11) is 1.46. The maximum atomic E-state index is 12.6. The maximum absolute atomic E-state index is 12.6. The van der Waals surface area contributed by atoms with Crippen molar-refractivity contribution in [1.82, 2.24) is 10.5 Å². The lowest BCUT2D eigenvalue weighted by molar-refractivity contribution is -0.153. The second kappa shape index (κ2) is 10.3. The van der Waals surface area contributed by atoms with Gasteiger partial charge < -0.3 is 24.1 Å². The van der Waals surface area contributed by atoms with E-state index < -0.39 is 12.8 Å². The molecule has 3 aromatic rings. The van der Waals surface area contributed by atoms with Crippen molar-refractivity contribution in [3.63, 3.8) is 0 Å². The Hall–Kier alpha value is -3.69. The average molecular weight is 464 g/mol. The Bertz CT molecular complexity index is 1090. The predicted molar refractivity (Wildman–Crippen MR) is 112 cm³/mol. The number of ether oxygens (including phenoxy) is 3. The minimum atomic E-state index is -4.42. The van der Waals surface area contributed by atoms with Gasteiger partial charge in [-0.15, -0.1) is 0 Å². The molecule has 1 heterocycles. The number of benzene rings is 2. The quantitative estimate of drug-likeness (QED) is 0.492. The topological polar surface area (TPSA) is 82.8 Å². The van der Waals surface area contributed by atoms with E-state index in [1.165, 1.54) is 19.2 Å². The van der Waals surface area contributed by atoms with Gasteiger partial charge in [-0.05, 0) is 49.7 Å². The van der Waals surface area contributed by atoms with Gasteiger partial charge in [-0.1, -0.05) is 17.3 Å². The first kappa shape index (κ1) is 24.0. The lowest BCUT2D eigenvalue weighted by atomic mass is 10.1. The van der Waals surface area contributed by atoms with E-state index in [1.54, 1.807) is 37.3 Å². The van der Waals surface area contributed by atoms with Gasteiger partial charge in [-0.25, -0.2) is 0 Å². The number of rotatable bonds is 9. The third-order valence-corrected chi connectivity index (χ3v) is 4.73. The van der Waals surface area contributed by atoms with Crippen LogP contribution in [-0.4, -0.2) is 31.0 Å². The van der Waals surface area contributed by atoms with E-state index in [1.807, 2.05) is 6.92 Å². The van der Waals surface area contributed by atoms with E-state index in [0.717, 1.165) is 11.3 Å². The fourth-order valence-electron chi connectivity index (χ4n) is 2.98. The number of amides is 1. The average Bonchev–Trinajstić information content (AvgIpc) is 3.11. The van der Waals surface area contributed by atoms with Crippen LogP contribution in [0.15, 0.2) is 47.0 Å². The van der Waals surface area contributed by atoms with Crippen LogP contribution in [0.25, 0.3) is 0 Å². The molecule has 3 rings (SSSR count). The van der Waals surface area contributed by atoms with E-state index in [4.69, 9.17) is 18.7 Å². The molecule has 0 atom stereocenters. The van der Waals surface area contributed by atoms with E-state index in [-0.39, 0.29) is 24.8 Å². The molecule has 0 saturated heterocycles. The summed E-state index contributed by atoms with van der Waals surface area (Å²) in [6, 6.07) is 10.8. The summed E-state index contributed by atoms with van der Waals surface area (Å²) in [4.78, 5) is 12.6. The first-order valence-electron chi connectivity index (χ1n) is 9.95. The third kappa shape index (κ3) is 6.64. The molecule has 33 heavy (non-hydrogen) atoms. The summed E-state index contributed by atoms with van der Waals surface area (Å²) in [5, 5.41) is 6.60. The van der Waals surface area contributed by atoms with Gasteiger partial charge in [0, 0.05) is 12.1 Å². The summed E-state index contributed by atoms with van der Waals surface area (Å²) < 4.78 is 58.0. The van der Waals surface area contributed by atoms with Gasteiger partial charge in [0.2, 0.25) is 0 Å². The highest BCUT2D eigenvalue weighted by Gasteiger charge is 2.28. The van der Waals surface area contributed by atoms with Crippen LogP contribution in [0.4, 0.5) is 13.2 Å². The van der Waals surface area contributed by atoms with Crippen LogP contribution in [0, 0.1) is 13.8 Å². The smallest absolute Gasteiger partial charge is 0.422 e. The van der Waals surface area contributed by atoms with E-state index >= 15 is 0 Å². The standard InChI is InChI=1S/C23H23F3N2O5/c1-14-19(15(2)33-28-14)12-31-20-8-7-17(10-21(20)30-3)22(29)27-11-16-5-4-6-18(9-16)32-13-23(24,25)26/h4-10H,11-13H2,1-3H3,(H,27,29). The van der Waals surface area contributed by atoms with Crippen molar-refractivity contribution < 1.29 is 36.7 Å². The lowest BCUT2D eigenvalue weighted by Crippen LogP contribution is -2.23. The zero-order chi connectivity index (χ0) is 24.0. The molecule has 7 nitrogen and oxygen atoms in total. The molecule has 1 N–H and O–H groups in total. The van der Waals surface area contributed by atoms with Crippen LogP contribution >= 0.6 is 0 Å². The van der Waals surface area contributed by atoms with E-state index in [2.05, 4.69) is 10.5 Å². The molecule has 0 aliphatic heterocycles. The summed E-state index contributed by atoms with van der Waals surface area (Å²) in [6.45, 7) is 2.57. The summed E-state index contributed by atoms with van der Waals surface area (Å²) in [6.07, 6.45) is -4.42. The molecule has 10 heteroatoms. The van der Waals surface area contributed by atoms with Crippen molar-refractivity contribution in [1.29, 1.82) is 0 Å². The van der Waals surface area contributed by atoms with Gasteiger partial charge >= 0.3 is 6.18 Å². The number of halogens is 3. The first-order valence-corrected chi connectivity index (χ1v) is 9.95. The highest BCUT2D eigenvalue weighted by Crippen LogP contribution is 2.29. The number of aryl methyl sites for hydroxylation is 2. The van der Waals surface area contributed by atoms with Gasteiger partial charge in [0.25, 0.3) is 5.91 Å². The number of hydrogen-bond donors (Lipinski definition) is 1. The van der Waals surface area contributed by atoms with Gasteiger partial charge in [0.15, 0.2) is 18.1 Å². The Balaban J connectivity index is 1.61. The molecular formula is C23H23F3N2O5. The van der Waals surface area contributed by atoms with Gasteiger partial charge in [-0.3, -0.25) is 4.79 Å². The van der Waals surface area contributed by atoms with Gasteiger partial charge in [-0.2, -0.15) is 13.2 Å². The fourth-order valence-corrected chi connectivity index (χ4v) is 2.98. The Morgan fingerprint density at radius 3 is 2.55 bits per heavy atom. The SMILES string of the molecule is COc1cc(C(=O)NCc2cccc(OCC(F)(F)F)c2)ccc1OCc1c(C)noc1C. The monoisotopic (exact) mass is 464 g/mol. The van der Waals surface area contributed by atoms with Crippen molar-refractivity contribution >= 4 is 5.91 Å². The van der Waals surface area contributed by atoms with E-state index in [0.29, 0.717) is 28.4 Å². The van der Waals surface area contributed by atoms with Crippen LogP contribution in [0.5, 0.6) is 17.2 Å². The number of methoxy groups -OCH3 is 1. The number of nitrogens with zero attached hydrogens (tertiary/aromatic N) is 1. The highest BCUT2D eigenvalue weighted by atomic mass is 19.4. The molecule has 176 valence electrons. The van der Waals surface area contributed by atoms with Crippen LogP contribution in [-0.2, 0) is 13.2 Å². The molecule has 0 spiro atoms. The van der Waals surface area contributed by atoms with Gasteiger partial charge in [0.1, 0.15) is 18.1 Å². The normalized spacial score (nSPS) is 11.2. The summed E-state index contributed by atoms with van der Waals surface area (Å²) in [5.41, 5.74) is 2.49. The Kier molecular flexibility index (Phi) is 7.47. The number of nitrogens with one attached hydrogen (secondary N) is 1. The zero-order valence-electron chi connectivity index (χ0n) is 18.3. The van der Waals surface area contributed by atoms with Crippen LogP contribution < -0.4 is 19.5 Å². The Labute approximate surface area is 188 Å². The molecular weight excluding hydrogens is 441 g/mol. The van der Waals surface area contributed by atoms with Crippen molar-refractivity contribution in [3.8, 4) is 17.2 Å². The zero-order valence-corrected chi connectivity index (χ0v) is 18.3. The van der Waals surface area contributed by atoms with Crippen LogP contribution in [0.2, 0.25) is 0 Å². The van der Waals surface area contributed by atoms with Crippen molar-refractivity contribution in [2.45, 2.75) is 33.2 Å². The predicted octanol–water partition coefficient (Wildman–Crippen LogP) is 4.75. The molecule has 1 amide bonds. The molecule has 2 aromatic carbocycles. The summed E-state index contributed by atoms with van der Waals surface area (Å²) >= 11 is 0.